The molecule has 0 atom stereocenters. The second kappa shape index (κ2) is 8.97. The van der Waals surface area contributed by atoms with Crippen LogP contribution in [0.15, 0.2) is 54.6 Å². The van der Waals surface area contributed by atoms with Gasteiger partial charge in [-0.2, -0.15) is 13.2 Å². The minimum atomic E-state index is -4.45. The maximum absolute atomic E-state index is 14.1. The van der Waals surface area contributed by atoms with Gasteiger partial charge in [0.05, 0.1) is 24.3 Å². The molecule has 0 radical (unpaired) electrons. The molecular formula is C24H23F4N3O2. The molecule has 2 aromatic carbocycles. The van der Waals surface area contributed by atoms with Crippen LogP contribution < -0.4 is 5.32 Å². The van der Waals surface area contributed by atoms with E-state index in [1.54, 1.807) is 28.0 Å². The Kier molecular flexibility index (Phi) is 6.25. The molecule has 2 saturated heterocycles. The number of alkyl halides is 3. The van der Waals surface area contributed by atoms with E-state index >= 15 is 0 Å². The average Bonchev–Trinajstić information content (AvgIpc) is 3.09. The first-order valence-electron chi connectivity index (χ1n) is 10.6. The smallest absolute Gasteiger partial charge is 0.339 e. The molecule has 2 aliphatic heterocycles. The molecule has 2 heterocycles. The lowest BCUT2D eigenvalue weighted by Gasteiger charge is -2.44. The van der Waals surface area contributed by atoms with Crippen molar-refractivity contribution in [2.45, 2.75) is 31.2 Å². The van der Waals surface area contributed by atoms with E-state index in [9.17, 15) is 27.2 Å². The Labute approximate surface area is 188 Å². The van der Waals surface area contributed by atoms with E-state index in [1.165, 1.54) is 30.4 Å². The summed E-state index contributed by atoms with van der Waals surface area (Å²) in [5.41, 5.74) is -0.716. The third-order valence-electron chi connectivity index (χ3n) is 6.21. The van der Waals surface area contributed by atoms with Gasteiger partial charge in [0.2, 0.25) is 11.8 Å². The summed E-state index contributed by atoms with van der Waals surface area (Å²) in [6.07, 6.45) is -0.885. The molecule has 2 aromatic rings. The van der Waals surface area contributed by atoms with Gasteiger partial charge in [0.25, 0.3) is 0 Å². The summed E-state index contributed by atoms with van der Waals surface area (Å²) in [6.45, 7) is 1.01. The molecule has 2 amide bonds. The maximum atomic E-state index is 14.1. The van der Waals surface area contributed by atoms with E-state index in [0.29, 0.717) is 31.5 Å². The minimum Gasteiger partial charge on any atom is -0.339 e. The molecule has 174 valence electrons. The van der Waals surface area contributed by atoms with E-state index in [-0.39, 0.29) is 36.3 Å². The summed E-state index contributed by atoms with van der Waals surface area (Å²) >= 11 is 0. The number of benzene rings is 2. The van der Waals surface area contributed by atoms with Crippen LogP contribution in [0.2, 0.25) is 0 Å². The van der Waals surface area contributed by atoms with Crippen LogP contribution in [0.1, 0.15) is 29.5 Å². The highest BCUT2D eigenvalue weighted by Gasteiger charge is 2.47. The van der Waals surface area contributed by atoms with E-state index in [2.05, 4.69) is 5.32 Å². The standard InChI is InChI=1S/C24H23F4N3O2/c25-20-7-2-1-5-18(20)16-31-22(33)15-29-23(31)10-12-30(13-11-23)21(32)9-8-17-4-3-6-19(14-17)24(26,27)28/h1-9,14,29H,10-13,15-16H2. The first kappa shape index (κ1) is 23.0. The van der Waals surface area contributed by atoms with Crippen molar-refractivity contribution in [3.8, 4) is 0 Å². The number of likely N-dealkylation sites (tertiary alicyclic amines) is 1. The van der Waals surface area contributed by atoms with Crippen molar-refractivity contribution in [1.82, 2.24) is 15.1 Å². The van der Waals surface area contributed by atoms with Crippen LogP contribution in [0.5, 0.6) is 0 Å². The zero-order chi connectivity index (χ0) is 23.6. The molecule has 33 heavy (non-hydrogen) atoms. The first-order valence-corrected chi connectivity index (χ1v) is 10.6. The highest BCUT2D eigenvalue weighted by molar-refractivity contribution is 5.92. The number of rotatable bonds is 4. The summed E-state index contributed by atoms with van der Waals surface area (Å²) in [4.78, 5) is 28.4. The number of hydrogen-bond donors (Lipinski definition) is 1. The normalized spacial score (nSPS) is 18.5. The van der Waals surface area contributed by atoms with Crippen LogP contribution in [0.3, 0.4) is 0 Å². The van der Waals surface area contributed by atoms with Crippen LogP contribution >= 0.6 is 0 Å². The number of nitrogens with zero attached hydrogens (tertiary/aromatic N) is 2. The van der Waals surface area contributed by atoms with Gasteiger partial charge in [0.1, 0.15) is 5.82 Å². The predicted octanol–water partition coefficient (Wildman–Crippen LogP) is 3.81. The maximum Gasteiger partial charge on any atom is 0.416 e. The molecule has 1 N–H and O–H groups in total. The second-order valence-electron chi connectivity index (χ2n) is 8.24. The van der Waals surface area contributed by atoms with Crippen LogP contribution in [0.25, 0.3) is 6.08 Å². The first-order chi connectivity index (χ1) is 15.7. The zero-order valence-corrected chi connectivity index (χ0v) is 17.7. The molecule has 1 spiro atoms. The number of amides is 2. The van der Waals surface area contributed by atoms with Crippen LogP contribution in [0.4, 0.5) is 17.6 Å². The molecule has 2 aliphatic rings. The minimum absolute atomic E-state index is 0.123. The summed E-state index contributed by atoms with van der Waals surface area (Å²) in [5.74, 6) is -0.811. The molecule has 0 saturated carbocycles. The van der Waals surface area contributed by atoms with Crippen molar-refractivity contribution in [2.75, 3.05) is 19.6 Å². The van der Waals surface area contributed by atoms with Crippen molar-refractivity contribution in [1.29, 1.82) is 0 Å². The summed E-state index contributed by atoms with van der Waals surface area (Å²) in [6, 6.07) is 11.1. The van der Waals surface area contributed by atoms with Crippen molar-refractivity contribution in [2.24, 2.45) is 0 Å². The number of piperidine rings is 1. The summed E-state index contributed by atoms with van der Waals surface area (Å²) < 4.78 is 52.7. The van der Waals surface area contributed by atoms with Gasteiger partial charge in [0.15, 0.2) is 0 Å². The Morgan fingerprint density at radius 1 is 1.09 bits per heavy atom. The fourth-order valence-electron chi connectivity index (χ4n) is 4.34. The largest absolute Gasteiger partial charge is 0.416 e. The molecule has 5 nitrogen and oxygen atoms in total. The summed E-state index contributed by atoms with van der Waals surface area (Å²) in [5, 5.41) is 3.24. The number of hydrogen-bond acceptors (Lipinski definition) is 3. The predicted molar refractivity (Wildman–Crippen MR) is 114 cm³/mol. The van der Waals surface area contributed by atoms with E-state index in [0.717, 1.165) is 12.1 Å². The van der Waals surface area contributed by atoms with E-state index in [4.69, 9.17) is 0 Å². The van der Waals surface area contributed by atoms with Gasteiger partial charge in [-0.1, -0.05) is 30.3 Å². The van der Waals surface area contributed by atoms with Crippen molar-refractivity contribution < 1.29 is 27.2 Å². The summed E-state index contributed by atoms with van der Waals surface area (Å²) in [7, 11) is 0. The number of carbonyl (C=O) groups is 2. The van der Waals surface area contributed by atoms with E-state index in [1.807, 2.05) is 0 Å². The third-order valence-corrected chi connectivity index (χ3v) is 6.21. The zero-order valence-electron chi connectivity index (χ0n) is 17.7. The molecule has 2 fully saturated rings. The van der Waals surface area contributed by atoms with Gasteiger partial charge in [-0.3, -0.25) is 14.9 Å². The Bertz CT molecular complexity index is 1080. The van der Waals surface area contributed by atoms with Crippen molar-refractivity contribution in [3.05, 3.63) is 77.1 Å². The molecule has 0 aliphatic carbocycles. The highest BCUT2D eigenvalue weighted by atomic mass is 19.4. The molecule has 9 heteroatoms. The highest BCUT2D eigenvalue weighted by Crippen LogP contribution is 2.32. The lowest BCUT2D eigenvalue weighted by atomic mass is 9.95. The quantitative estimate of drug-likeness (QED) is 0.557. The lowest BCUT2D eigenvalue weighted by molar-refractivity contribution is -0.138. The van der Waals surface area contributed by atoms with Gasteiger partial charge in [-0.25, -0.2) is 4.39 Å². The monoisotopic (exact) mass is 461 g/mol. The van der Waals surface area contributed by atoms with Gasteiger partial charge >= 0.3 is 6.18 Å². The number of halogens is 4. The van der Waals surface area contributed by atoms with Gasteiger partial charge in [-0.15, -0.1) is 0 Å². The number of nitrogens with one attached hydrogen (secondary N) is 1. The molecule has 0 unspecified atom stereocenters. The number of carbonyl (C=O) groups excluding carboxylic acids is 2. The van der Waals surface area contributed by atoms with Gasteiger partial charge < -0.3 is 9.80 Å². The SMILES string of the molecule is O=C(C=Cc1cccc(C(F)(F)F)c1)N1CCC2(CC1)NCC(=O)N2Cc1ccccc1F. The molecule has 0 bridgehead atoms. The Balaban J connectivity index is 1.40. The van der Waals surface area contributed by atoms with Crippen molar-refractivity contribution in [3.63, 3.8) is 0 Å². The van der Waals surface area contributed by atoms with Gasteiger partial charge in [-0.05, 0) is 29.8 Å². The van der Waals surface area contributed by atoms with Crippen LogP contribution in [-0.2, 0) is 22.3 Å². The Morgan fingerprint density at radius 3 is 2.52 bits per heavy atom. The van der Waals surface area contributed by atoms with Crippen molar-refractivity contribution >= 4 is 17.9 Å². The van der Waals surface area contributed by atoms with Gasteiger partial charge in [0, 0.05) is 37.6 Å². The van der Waals surface area contributed by atoms with Crippen LogP contribution in [-0.4, -0.2) is 46.9 Å². The Hall–Kier alpha value is -3.20. The molecular weight excluding hydrogens is 438 g/mol. The fraction of sp³-hybridized carbons (Fsp3) is 0.333. The Morgan fingerprint density at radius 2 is 1.82 bits per heavy atom. The lowest BCUT2D eigenvalue weighted by Crippen LogP contribution is -2.58. The second-order valence-corrected chi connectivity index (χ2v) is 8.24. The fourth-order valence-corrected chi connectivity index (χ4v) is 4.34. The molecule has 0 aromatic heterocycles. The van der Waals surface area contributed by atoms with Crippen LogP contribution in [0, 0.1) is 5.82 Å². The third kappa shape index (κ3) is 4.93. The van der Waals surface area contributed by atoms with E-state index < -0.39 is 17.4 Å². The topological polar surface area (TPSA) is 52.7 Å². The molecule has 4 rings (SSSR count). The average molecular weight is 461 g/mol.